The molecule has 0 atom stereocenters. The second-order valence-electron chi connectivity index (χ2n) is 30.0. The molecule has 3 aliphatic rings. The maximum Gasteiger partial charge on any atom is 0.172 e. The highest BCUT2D eigenvalue weighted by atomic mass is 127. The van der Waals surface area contributed by atoms with Gasteiger partial charge >= 0.3 is 0 Å². The summed E-state index contributed by atoms with van der Waals surface area (Å²) in [6.07, 6.45) is 31.4. The summed E-state index contributed by atoms with van der Waals surface area (Å²) in [6, 6.07) is 45.6. The average molecular weight is 1640 g/mol. The van der Waals surface area contributed by atoms with Crippen LogP contribution in [-0.2, 0) is 20.1 Å². The number of aromatic nitrogens is 19. The van der Waals surface area contributed by atoms with Crippen LogP contribution in [0.3, 0.4) is 0 Å². The molecule has 26 heteroatoms. The molecule has 3 fully saturated rings. The van der Waals surface area contributed by atoms with E-state index in [1.165, 1.54) is 74.1 Å². The van der Waals surface area contributed by atoms with Crippen molar-refractivity contribution < 1.29 is 17.6 Å². The van der Waals surface area contributed by atoms with Gasteiger partial charge in [-0.2, -0.15) is 15.0 Å². The van der Waals surface area contributed by atoms with Crippen molar-refractivity contribution in [2.45, 2.75) is 102 Å². The molecular weight excluding hydrogens is 1550 g/mol. The van der Waals surface area contributed by atoms with Gasteiger partial charge in [0, 0.05) is 154 Å². The predicted molar refractivity (Wildman–Crippen MR) is 447 cm³/mol. The first-order valence-electron chi connectivity index (χ1n) is 38.4. The summed E-state index contributed by atoms with van der Waals surface area (Å²) in [5.41, 5.74) is 19.6. The van der Waals surface area contributed by atoms with E-state index in [-0.39, 0.29) is 24.0 Å². The van der Waals surface area contributed by atoms with E-state index in [2.05, 4.69) is 165 Å². The van der Waals surface area contributed by atoms with Crippen LogP contribution in [-0.4, -0.2) is 149 Å². The second kappa shape index (κ2) is 32.2. The van der Waals surface area contributed by atoms with Gasteiger partial charge in [0.1, 0.15) is 51.4 Å². The first kappa shape index (κ1) is 74.7. The fourth-order valence-corrected chi connectivity index (χ4v) is 17.0. The largest absolute Gasteiger partial charge is 0.346 e. The van der Waals surface area contributed by atoms with E-state index in [0.717, 1.165) is 164 Å². The zero-order chi connectivity index (χ0) is 78.1. The maximum absolute atomic E-state index is 15.7. The zero-order valence-corrected chi connectivity index (χ0v) is 65.9. The monoisotopic (exact) mass is 1640 g/mol. The number of aryl methyl sites for hydroxylation is 2. The van der Waals surface area contributed by atoms with Crippen LogP contribution >= 0.6 is 22.6 Å². The molecule has 114 heavy (non-hydrogen) atoms. The summed E-state index contributed by atoms with van der Waals surface area (Å²) in [4.78, 5) is 55.5. The summed E-state index contributed by atoms with van der Waals surface area (Å²) < 4.78 is 65.9. The second-order valence-corrected chi connectivity index (χ2v) is 31.0. The standard InChI is InChI=1S/C23H23F2N5.C22H20FIN4.C22H22FN5.C21H19N7/c1-29-12-8-23(25,9-13-29)14-30-15-28-20(16-2-4-17(24)5-3-16)21(30)18-6-10-26-22-19(18)7-11-27-22;23-15-8-6-14(7-9-15)19-20(17-10-12-25-21-18(17)11-13-26-21)28(22(24)27-19)16-4-2-1-3-5-16;1-27(2)16-11-17(12-16)28-13-26-20(14-3-5-15(23)6-4-14)21(28)18-7-9-24-22-19(18)8-10-25-22;1-14-3-5-15(6-4-14)19-20(17-7-9-22-21-18(17)8-10-23-21)28(13-24-19)12-16-11-25-27(2)26-16/h2-7,10-11,15H,8-9,12-14H2,1H3,(H,26,27);6-13,16H,1-5H2,(H,25,26);3-10,13,16-17H,11-12H2,1-2H3,(H,24,25);3-11,13H,12H2,1-2H3,(H,22,23). The number of hydrogen-bond donors (Lipinski definition) is 4. The molecule has 0 amide bonds. The minimum atomic E-state index is -1.29. The van der Waals surface area contributed by atoms with E-state index in [4.69, 9.17) is 15.0 Å². The van der Waals surface area contributed by atoms with Crippen LogP contribution in [0.4, 0.5) is 17.6 Å². The van der Waals surface area contributed by atoms with Crippen LogP contribution in [0.15, 0.2) is 220 Å². The highest BCUT2D eigenvalue weighted by molar-refractivity contribution is 14.1. The van der Waals surface area contributed by atoms with Gasteiger partial charge in [0.05, 0.1) is 83.8 Å². The molecule has 21 nitrogen and oxygen atoms in total. The SMILES string of the molecule is CN(C)C1CC(n2cnc(-c3ccc(F)cc3)c2-c2ccnc3[nH]ccc23)C1.CN1CCC(F)(Cn2cnc(-c3ccc(F)cc3)c2-c2ccnc3[nH]ccc23)CC1.Cc1ccc(-c2ncn(Cc3cnn(C)n3)c2-c2ccnc3[nH]ccc23)cc1.Fc1ccc(-c2nc(I)n(C3CCCCC3)c2-c2ccnc3[nH]ccc23)cc1. The van der Waals surface area contributed by atoms with Crippen LogP contribution in [0.1, 0.15) is 81.1 Å². The van der Waals surface area contributed by atoms with Crippen molar-refractivity contribution in [1.29, 1.82) is 0 Å². The third kappa shape index (κ3) is 15.3. The van der Waals surface area contributed by atoms with Crippen molar-refractivity contribution in [2.24, 2.45) is 7.05 Å². The molecule has 576 valence electrons. The summed E-state index contributed by atoms with van der Waals surface area (Å²) in [6.45, 7) is 4.39. The first-order valence-corrected chi connectivity index (χ1v) is 39.5. The van der Waals surface area contributed by atoms with Crippen molar-refractivity contribution >= 4 is 66.7 Å². The van der Waals surface area contributed by atoms with E-state index in [0.29, 0.717) is 43.2 Å². The molecule has 17 aromatic rings. The number of fused-ring (bicyclic) bond motifs is 4. The van der Waals surface area contributed by atoms with Gasteiger partial charge in [-0.1, -0.05) is 49.1 Å². The number of piperidine rings is 1. The predicted octanol–water partition coefficient (Wildman–Crippen LogP) is 19.1. The number of likely N-dealkylation sites (tertiary alicyclic amines) is 1. The Morgan fingerprint density at radius 2 is 0.904 bits per heavy atom. The van der Waals surface area contributed by atoms with Crippen molar-refractivity contribution in [3.8, 4) is 90.1 Å². The van der Waals surface area contributed by atoms with E-state index in [1.807, 2.05) is 117 Å². The Morgan fingerprint density at radius 3 is 1.37 bits per heavy atom. The Kier molecular flexibility index (Phi) is 21.1. The number of benzene rings is 4. The molecule has 2 aliphatic carbocycles. The van der Waals surface area contributed by atoms with Crippen LogP contribution < -0.4 is 0 Å². The Labute approximate surface area is 668 Å². The Bertz CT molecular complexity index is 6180. The summed E-state index contributed by atoms with van der Waals surface area (Å²) in [5.74, 6) is -0.774. The molecule has 20 rings (SSSR count). The number of nitrogens with one attached hydrogen (secondary N) is 4. The molecule has 4 N–H and O–H groups in total. The highest BCUT2D eigenvalue weighted by Crippen LogP contribution is 2.46. The van der Waals surface area contributed by atoms with Crippen LogP contribution in [0, 0.1) is 28.2 Å². The number of H-pyrrole nitrogens is 4. The van der Waals surface area contributed by atoms with E-state index >= 15 is 4.39 Å². The quantitative estimate of drug-likeness (QED) is 0.0556. The number of nitrogens with zero attached hydrogens (tertiary/aromatic N) is 17. The lowest BCUT2D eigenvalue weighted by atomic mass is 9.85. The number of alkyl halides is 1. The van der Waals surface area contributed by atoms with E-state index in [1.54, 1.807) is 47.8 Å². The van der Waals surface area contributed by atoms with Crippen molar-refractivity contribution in [3.05, 3.63) is 253 Å². The van der Waals surface area contributed by atoms with E-state index < -0.39 is 5.67 Å². The molecule has 13 aromatic heterocycles. The molecule has 2 saturated carbocycles. The molecule has 0 spiro atoms. The van der Waals surface area contributed by atoms with Crippen molar-refractivity contribution in [3.63, 3.8) is 0 Å². The molecule has 0 bridgehead atoms. The van der Waals surface area contributed by atoms with Gasteiger partial charge in [-0.25, -0.2) is 57.4 Å². The number of hydrogen-bond acceptors (Lipinski definition) is 12. The van der Waals surface area contributed by atoms with Gasteiger partial charge in [0.25, 0.3) is 0 Å². The fraction of sp³-hybridized carbons (Fsp3) is 0.250. The number of imidazole rings is 4. The van der Waals surface area contributed by atoms with Gasteiger partial charge in [0.2, 0.25) is 0 Å². The van der Waals surface area contributed by atoms with Crippen molar-refractivity contribution in [1.82, 2.24) is 103 Å². The maximum atomic E-state index is 15.7. The van der Waals surface area contributed by atoms with E-state index in [9.17, 15) is 13.2 Å². The number of pyridine rings is 4. The van der Waals surface area contributed by atoms with Crippen LogP contribution in [0.25, 0.3) is 134 Å². The molecule has 14 heterocycles. The third-order valence-electron chi connectivity index (χ3n) is 22.3. The van der Waals surface area contributed by atoms with Gasteiger partial charge in [-0.05, 0) is 211 Å². The summed E-state index contributed by atoms with van der Waals surface area (Å²) >= 11 is 2.35. The van der Waals surface area contributed by atoms with Gasteiger partial charge < -0.3 is 48.0 Å². The van der Waals surface area contributed by atoms with Crippen LogP contribution in [0.5, 0.6) is 0 Å². The average Bonchev–Trinajstić information content (AvgIpc) is 1.47. The van der Waals surface area contributed by atoms with Crippen LogP contribution in [0.2, 0.25) is 0 Å². The topological polar surface area (TPSA) is 223 Å². The third-order valence-corrected chi connectivity index (χ3v) is 23.1. The molecular formula is C88H84F4IN21. The minimum Gasteiger partial charge on any atom is -0.346 e. The highest BCUT2D eigenvalue weighted by Gasteiger charge is 2.37. The van der Waals surface area contributed by atoms with Gasteiger partial charge in [0.15, 0.2) is 3.83 Å². The Balaban J connectivity index is 0.000000110. The number of aromatic amines is 4. The van der Waals surface area contributed by atoms with Gasteiger partial charge in [-0.3, -0.25) is 0 Å². The smallest absolute Gasteiger partial charge is 0.172 e. The first-order chi connectivity index (χ1) is 55.5. The molecule has 4 aromatic carbocycles. The summed E-state index contributed by atoms with van der Waals surface area (Å²) in [7, 11) is 8.11. The Hall–Kier alpha value is -12.0. The minimum absolute atomic E-state index is 0.233. The molecule has 0 unspecified atom stereocenters. The zero-order valence-electron chi connectivity index (χ0n) is 63.7. The lowest BCUT2D eigenvalue weighted by Crippen LogP contribution is -2.42. The molecule has 0 radical (unpaired) electrons. The molecule has 1 saturated heterocycles. The number of halogens is 5. The summed E-state index contributed by atoms with van der Waals surface area (Å²) in [5, 5.41) is 12.8. The Morgan fingerprint density at radius 1 is 0.482 bits per heavy atom. The van der Waals surface area contributed by atoms with Gasteiger partial charge in [-0.15, -0.1) is 0 Å². The lowest BCUT2D eigenvalue weighted by molar-refractivity contribution is 0.0536. The lowest BCUT2D eigenvalue weighted by Gasteiger charge is -2.41. The molecule has 1 aliphatic heterocycles. The van der Waals surface area contributed by atoms with Crippen molar-refractivity contribution in [2.75, 3.05) is 34.2 Å². The fourth-order valence-electron chi connectivity index (χ4n) is 16.2. The number of rotatable bonds is 15. The normalized spacial score (nSPS) is 15.7.